The number of nitrogens with zero attached hydrogens (tertiary/aromatic N) is 2. The topological polar surface area (TPSA) is 102 Å². The number of hydrogen-bond donors (Lipinski definition) is 1. The van der Waals surface area contributed by atoms with Crippen molar-refractivity contribution < 1.29 is 19.4 Å². The number of benzene rings is 2. The summed E-state index contributed by atoms with van der Waals surface area (Å²) < 4.78 is 11.8. The summed E-state index contributed by atoms with van der Waals surface area (Å²) in [6.45, 7) is 3.30. The molecule has 0 aliphatic rings. The molecule has 33 heavy (non-hydrogen) atoms. The van der Waals surface area contributed by atoms with Gasteiger partial charge in [-0.2, -0.15) is 5.26 Å². The van der Waals surface area contributed by atoms with Gasteiger partial charge in [0.1, 0.15) is 23.1 Å². The van der Waals surface area contributed by atoms with E-state index in [1.54, 1.807) is 31.4 Å². The summed E-state index contributed by atoms with van der Waals surface area (Å²) in [6.07, 6.45) is 1.31. The Morgan fingerprint density at radius 3 is 2.24 bits per heavy atom. The Kier molecular flexibility index (Phi) is 7.52. The largest absolute Gasteiger partial charge is 0.497 e. The van der Waals surface area contributed by atoms with Gasteiger partial charge in [0.25, 0.3) is 5.56 Å². The van der Waals surface area contributed by atoms with Crippen LogP contribution in [-0.2, 0) is 19.4 Å². The van der Waals surface area contributed by atoms with Crippen molar-refractivity contribution in [1.82, 2.24) is 4.57 Å². The lowest BCUT2D eigenvalue weighted by Crippen LogP contribution is -2.28. The maximum absolute atomic E-state index is 12.9. The van der Waals surface area contributed by atoms with Gasteiger partial charge in [0.15, 0.2) is 6.61 Å². The minimum atomic E-state index is -0.631. The normalized spacial score (nSPS) is 10.5. The van der Waals surface area contributed by atoms with Crippen LogP contribution in [0, 0.1) is 18.3 Å². The van der Waals surface area contributed by atoms with Crippen LogP contribution in [-0.4, -0.2) is 29.2 Å². The molecule has 7 nitrogen and oxygen atoms in total. The summed E-state index contributed by atoms with van der Waals surface area (Å²) >= 11 is 0. The Labute approximate surface area is 192 Å². The van der Waals surface area contributed by atoms with Gasteiger partial charge in [-0.25, -0.2) is 0 Å². The summed E-state index contributed by atoms with van der Waals surface area (Å²) in [5.74, 6) is 0.253. The molecule has 0 saturated carbocycles. The van der Waals surface area contributed by atoms with Crippen LogP contribution in [0.4, 0.5) is 0 Å². The number of carbonyl (C=O) groups is 1. The fraction of sp³-hybridized carbons (Fsp3) is 0.269. The number of pyridine rings is 1. The Morgan fingerprint density at radius 1 is 1.06 bits per heavy atom. The van der Waals surface area contributed by atoms with E-state index in [-0.39, 0.29) is 29.8 Å². The summed E-state index contributed by atoms with van der Waals surface area (Å²) in [6, 6.07) is 16.5. The number of nitriles is 1. The predicted octanol–water partition coefficient (Wildman–Crippen LogP) is 3.81. The van der Waals surface area contributed by atoms with Crippen LogP contribution in [0.25, 0.3) is 0 Å². The van der Waals surface area contributed by atoms with Gasteiger partial charge in [-0.3, -0.25) is 14.2 Å². The highest BCUT2D eigenvalue weighted by molar-refractivity contribution is 6.01. The third-order valence-electron chi connectivity index (χ3n) is 5.56. The smallest absolute Gasteiger partial charge is 0.271 e. The van der Waals surface area contributed by atoms with Gasteiger partial charge in [-0.1, -0.05) is 31.2 Å². The lowest BCUT2D eigenvalue weighted by Gasteiger charge is -2.16. The minimum absolute atomic E-state index is 0.0777. The number of aromatic nitrogens is 1. The highest BCUT2D eigenvalue weighted by atomic mass is 16.5. The van der Waals surface area contributed by atoms with Crippen molar-refractivity contribution >= 4 is 5.78 Å². The SMILES string of the molecule is CCc1ccc(OCC(=O)c2c(C)c(C#N)c(=O)n(CCc3ccc(OC)cc3)c2O)cc1. The lowest BCUT2D eigenvalue weighted by atomic mass is 10.0. The average Bonchev–Trinajstić information content (AvgIpc) is 2.83. The van der Waals surface area contributed by atoms with Crippen LogP contribution in [0.3, 0.4) is 0 Å². The van der Waals surface area contributed by atoms with Crippen LogP contribution >= 0.6 is 0 Å². The van der Waals surface area contributed by atoms with E-state index in [0.29, 0.717) is 17.9 Å². The van der Waals surface area contributed by atoms with Gasteiger partial charge in [0.2, 0.25) is 11.7 Å². The molecule has 0 aliphatic heterocycles. The molecule has 0 bridgehead atoms. The first kappa shape index (κ1) is 23.6. The molecule has 3 rings (SSSR count). The Hall–Kier alpha value is -4.05. The Morgan fingerprint density at radius 2 is 1.67 bits per heavy atom. The molecule has 0 fully saturated rings. The third kappa shape index (κ3) is 5.24. The zero-order chi connectivity index (χ0) is 24.0. The number of aromatic hydroxyl groups is 1. The van der Waals surface area contributed by atoms with Crippen molar-refractivity contribution in [3.63, 3.8) is 0 Å². The van der Waals surface area contributed by atoms with E-state index in [4.69, 9.17) is 9.47 Å². The van der Waals surface area contributed by atoms with Crippen molar-refractivity contribution in [3.8, 4) is 23.4 Å². The predicted molar refractivity (Wildman–Crippen MR) is 124 cm³/mol. The second-order valence-electron chi connectivity index (χ2n) is 7.57. The highest BCUT2D eigenvalue weighted by Gasteiger charge is 2.24. The zero-order valence-electron chi connectivity index (χ0n) is 18.9. The number of ether oxygens (including phenoxy) is 2. The number of aryl methyl sites for hydroxylation is 2. The molecule has 1 N–H and O–H groups in total. The number of Topliss-reactive ketones (excluding diaryl/α,β-unsaturated/α-hetero) is 1. The summed E-state index contributed by atoms with van der Waals surface area (Å²) in [5, 5.41) is 20.3. The van der Waals surface area contributed by atoms with Crippen LogP contribution in [0.1, 0.15) is 39.5 Å². The molecular weight excluding hydrogens is 420 g/mol. The van der Waals surface area contributed by atoms with Crippen LogP contribution < -0.4 is 15.0 Å². The molecule has 0 atom stereocenters. The zero-order valence-corrected chi connectivity index (χ0v) is 18.9. The number of ketones is 1. The number of carbonyl (C=O) groups excluding carboxylic acids is 1. The van der Waals surface area contributed by atoms with Crippen LogP contribution in [0.5, 0.6) is 17.4 Å². The van der Waals surface area contributed by atoms with E-state index in [1.807, 2.05) is 37.3 Å². The van der Waals surface area contributed by atoms with Crippen molar-refractivity contribution in [3.05, 3.63) is 86.7 Å². The van der Waals surface area contributed by atoms with E-state index >= 15 is 0 Å². The first-order valence-electron chi connectivity index (χ1n) is 10.6. The monoisotopic (exact) mass is 446 g/mol. The molecule has 0 spiro atoms. The quantitative estimate of drug-likeness (QED) is 0.502. The fourth-order valence-corrected chi connectivity index (χ4v) is 3.57. The van der Waals surface area contributed by atoms with Gasteiger partial charge < -0.3 is 14.6 Å². The van der Waals surface area contributed by atoms with Gasteiger partial charge in [0.05, 0.1) is 12.7 Å². The maximum Gasteiger partial charge on any atom is 0.271 e. The van der Waals surface area contributed by atoms with Crippen molar-refractivity contribution in [1.29, 1.82) is 5.26 Å². The summed E-state index contributed by atoms with van der Waals surface area (Å²) in [5.41, 5.74) is 1.33. The molecule has 1 heterocycles. The molecule has 170 valence electrons. The van der Waals surface area contributed by atoms with Crippen molar-refractivity contribution in [2.45, 2.75) is 33.2 Å². The molecule has 0 aliphatic carbocycles. The first-order chi connectivity index (χ1) is 15.9. The summed E-state index contributed by atoms with van der Waals surface area (Å²) in [4.78, 5) is 25.7. The van der Waals surface area contributed by atoms with Gasteiger partial charge in [-0.15, -0.1) is 0 Å². The molecule has 3 aromatic rings. The van der Waals surface area contributed by atoms with Crippen LogP contribution in [0.2, 0.25) is 0 Å². The molecule has 0 amide bonds. The number of hydrogen-bond acceptors (Lipinski definition) is 6. The second-order valence-corrected chi connectivity index (χ2v) is 7.57. The average molecular weight is 447 g/mol. The second kappa shape index (κ2) is 10.5. The minimum Gasteiger partial charge on any atom is -0.497 e. The maximum atomic E-state index is 12.9. The first-order valence-corrected chi connectivity index (χ1v) is 10.6. The highest BCUT2D eigenvalue weighted by Crippen LogP contribution is 2.24. The molecule has 1 aromatic heterocycles. The van der Waals surface area contributed by atoms with E-state index in [9.17, 15) is 20.0 Å². The molecule has 2 aromatic carbocycles. The van der Waals surface area contributed by atoms with Crippen LogP contribution in [0.15, 0.2) is 53.3 Å². The molecule has 0 saturated heterocycles. The van der Waals surface area contributed by atoms with E-state index in [0.717, 1.165) is 22.1 Å². The standard InChI is InChI=1S/C26H26N2O5/c1-4-18-5-11-21(12-6-18)33-16-23(29)24-17(2)22(15-27)25(30)28(26(24)31)14-13-19-7-9-20(32-3)10-8-19/h5-12,31H,4,13-14,16H2,1-3H3. The van der Waals surface area contributed by atoms with E-state index in [1.165, 1.54) is 6.92 Å². The Bertz CT molecular complexity index is 1240. The summed E-state index contributed by atoms with van der Waals surface area (Å²) in [7, 11) is 1.57. The van der Waals surface area contributed by atoms with E-state index < -0.39 is 17.2 Å². The van der Waals surface area contributed by atoms with E-state index in [2.05, 4.69) is 0 Å². The molecule has 0 unspecified atom stereocenters. The Balaban J connectivity index is 1.86. The molecular formula is C26H26N2O5. The van der Waals surface area contributed by atoms with Gasteiger partial charge >= 0.3 is 0 Å². The van der Waals surface area contributed by atoms with Crippen molar-refractivity contribution in [2.24, 2.45) is 0 Å². The number of methoxy groups -OCH3 is 1. The third-order valence-corrected chi connectivity index (χ3v) is 5.56. The fourth-order valence-electron chi connectivity index (χ4n) is 3.57. The van der Waals surface area contributed by atoms with Crippen molar-refractivity contribution in [2.75, 3.05) is 13.7 Å². The lowest BCUT2D eigenvalue weighted by molar-refractivity contribution is 0.0916. The van der Waals surface area contributed by atoms with Gasteiger partial charge in [0, 0.05) is 6.54 Å². The molecule has 0 radical (unpaired) electrons. The number of rotatable bonds is 9. The van der Waals surface area contributed by atoms with Gasteiger partial charge in [-0.05, 0) is 60.7 Å². The molecule has 7 heteroatoms.